The van der Waals surface area contributed by atoms with Gasteiger partial charge >= 0.3 is 0 Å². The first-order chi connectivity index (χ1) is 12.8. The van der Waals surface area contributed by atoms with Crippen LogP contribution in [-0.4, -0.2) is 23.7 Å². The van der Waals surface area contributed by atoms with Crippen LogP contribution in [0.25, 0.3) is 10.8 Å². The molecule has 5 heteroatoms. The molecule has 0 aliphatic rings. The normalized spacial score (nSPS) is 11.0. The molecule has 0 bridgehead atoms. The molecule has 0 aliphatic heterocycles. The molecule has 0 aliphatic carbocycles. The molecular formula is C21H21N3O2. The molecule has 2 aromatic carbocycles. The summed E-state index contributed by atoms with van der Waals surface area (Å²) in [6.07, 6.45) is 5.25. The Balaban J connectivity index is 1.84. The van der Waals surface area contributed by atoms with Gasteiger partial charge in [0.2, 0.25) is 0 Å². The SMILES string of the molecule is CCCCOc1ccc2ccccc2c1/C=N\NC(=O)c1ccccn1. The van der Waals surface area contributed by atoms with E-state index in [1.807, 2.05) is 36.4 Å². The molecular weight excluding hydrogens is 326 g/mol. The predicted molar refractivity (Wildman–Crippen MR) is 104 cm³/mol. The number of hydrogen-bond donors (Lipinski definition) is 1. The first-order valence-electron chi connectivity index (χ1n) is 8.68. The Bertz CT molecular complexity index is 908. The fraction of sp³-hybridized carbons (Fsp3) is 0.190. The van der Waals surface area contributed by atoms with E-state index in [0.29, 0.717) is 12.3 Å². The standard InChI is InChI=1S/C21H21N3O2/c1-2-3-14-26-20-12-11-16-8-4-5-9-17(16)18(20)15-23-24-21(25)19-10-6-7-13-22-19/h4-13,15H,2-3,14H2,1H3,(H,24,25)/b23-15-. The van der Waals surface area contributed by atoms with Crippen molar-refractivity contribution >= 4 is 22.9 Å². The average molecular weight is 347 g/mol. The molecule has 0 saturated heterocycles. The van der Waals surface area contributed by atoms with Crippen molar-refractivity contribution in [3.05, 3.63) is 72.1 Å². The first-order valence-corrected chi connectivity index (χ1v) is 8.68. The summed E-state index contributed by atoms with van der Waals surface area (Å²) in [6.45, 7) is 2.77. The van der Waals surface area contributed by atoms with Crippen LogP contribution in [-0.2, 0) is 0 Å². The van der Waals surface area contributed by atoms with Crippen molar-refractivity contribution < 1.29 is 9.53 Å². The molecule has 132 valence electrons. The minimum Gasteiger partial charge on any atom is -0.493 e. The summed E-state index contributed by atoms with van der Waals surface area (Å²) in [5, 5.41) is 6.23. The highest BCUT2D eigenvalue weighted by atomic mass is 16.5. The Hall–Kier alpha value is -3.21. The third-order valence-electron chi connectivity index (χ3n) is 3.94. The van der Waals surface area contributed by atoms with E-state index in [-0.39, 0.29) is 5.91 Å². The van der Waals surface area contributed by atoms with Gasteiger partial charge < -0.3 is 4.74 Å². The lowest BCUT2D eigenvalue weighted by Gasteiger charge is -2.11. The molecule has 3 rings (SSSR count). The summed E-state index contributed by atoms with van der Waals surface area (Å²) in [4.78, 5) is 16.1. The average Bonchev–Trinajstić information content (AvgIpc) is 2.69. The second-order valence-electron chi connectivity index (χ2n) is 5.81. The molecule has 0 saturated carbocycles. The van der Waals surface area contributed by atoms with E-state index in [4.69, 9.17) is 4.74 Å². The Kier molecular flexibility index (Phi) is 5.93. The summed E-state index contributed by atoms with van der Waals surface area (Å²) < 4.78 is 5.91. The Morgan fingerprint density at radius 3 is 2.81 bits per heavy atom. The minimum absolute atomic E-state index is 0.321. The number of hydrazone groups is 1. The van der Waals surface area contributed by atoms with Gasteiger partial charge in [-0.3, -0.25) is 9.78 Å². The van der Waals surface area contributed by atoms with Gasteiger partial charge in [-0.15, -0.1) is 0 Å². The number of hydrogen-bond acceptors (Lipinski definition) is 4. The van der Waals surface area contributed by atoms with Crippen molar-refractivity contribution in [1.29, 1.82) is 0 Å². The van der Waals surface area contributed by atoms with E-state index in [1.54, 1.807) is 30.6 Å². The van der Waals surface area contributed by atoms with Crippen LogP contribution in [0.15, 0.2) is 65.9 Å². The van der Waals surface area contributed by atoms with Gasteiger partial charge in [-0.05, 0) is 35.4 Å². The van der Waals surface area contributed by atoms with E-state index < -0.39 is 0 Å². The molecule has 5 nitrogen and oxygen atoms in total. The van der Waals surface area contributed by atoms with Crippen molar-refractivity contribution in [2.45, 2.75) is 19.8 Å². The maximum Gasteiger partial charge on any atom is 0.289 e. The number of fused-ring (bicyclic) bond motifs is 1. The highest BCUT2D eigenvalue weighted by Crippen LogP contribution is 2.26. The quantitative estimate of drug-likeness (QED) is 0.396. The number of unbranched alkanes of at least 4 members (excludes halogenated alkanes) is 1. The van der Waals surface area contributed by atoms with Crippen molar-refractivity contribution in [3.8, 4) is 5.75 Å². The minimum atomic E-state index is -0.351. The lowest BCUT2D eigenvalue weighted by atomic mass is 10.0. The lowest BCUT2D eigenvalue weighted by Crippen LogP contribution is -2.18. The Labute approximate surface area is 152 Å². The number of nitrogens with zero attached hydrogens (tertiary/aromatic N) is 2. The largest absolute Gasteiger partial charge is 0.493 e. The fourth-order valence-electron chi connectivity index (χ4n) is 2.57. The molecule has 1 aromatic heterocycles. The van der Waals surface area contributed by atoms with E-state index in [0.717, 1.165) is 34.9 Å². The number of nitrogens with one attached hydrogen (secondary N) is 1. The van der Waals surface area contributed by atoms with Crippen LogP contribution >= 0.6 is 0 Å². The van der Waals surface area contributed by atoms with Crippen LogP contribution < -0.4 is 10.2 Å². The number of amides is 1. The van der Waals surface area contributed by atoms with Gasteiger partial charge in [0.05, 0.1) is 12.8 Å². The summed E-state index contributed by atoms with van der Waals surface area (Å²) >= 11 is 0. The summed E-state index contributed by atoms with van der Waals surface area (Å²) in [5.74, 6) is 0.406. The van der Waals surface area contributed by atoms with Crippen molar-refractivity contribution in [3.63, 3.8) is 0 Å². The topological polar surface area (TPSA) is 63.6 Å². The monoisotopic (exact) mass is 347 g/mol. The van der Waals surface area contributed by atoms with Gasteiger partial charge in [-0.2, -0.15) is 5.10 Å². The number of rotatable bonds is 7. The fourth-order valence-corrected chi connectivity index (χ4v) is 2.57. The Morgan fingerprint density at radius 1 is 1.15 bits per heavy atom. The van der Waals surface area contributed by atoms with Crippen LogP contribution in [0.3, 0.4) is 0 Å². The van der Waals surface area contributed by atoms with Crippen LogP contribution in [0.5, 0.6) is 5.75 Å². The van der Waals surface area contributed by atoms with E-state index in [1.165, 1.54) is 0 Å². The van der Waals surface area contributed by atoms with Gasteiger partial charge in [0, 0.05) is 11.8 Å². The highest BCUT2D eigenvalue weighted by molar-refractivity contribution is 6.03. The second kappa shape index (κ2) is 8.76. The van der Waals surface area contributed by atoms with E-state index in [9.17, 15) is 4.79 Å². The molecule has 0 atom stereocenters. The number of carbonyl (C=O) groups is 1. The second-order valence-corrected chi connectivity index (χ2v) is 5.81. The molecule has 3 aromatic rings. The third-order valence-corrected chi connectivity index (χ3v) is 3.94. The Morgan fingerprint density at radius 2 is 2.00 bits per heavy atom. The number of carbonyl (C=O) groups excluding carboxylic acids is 1. The summed E-state index contributed by atoms with van der Waals surface area (Å²) in [5.41, 5.74) is 3.69. The molecule has 0 radical (unpaired) electrons. The molecule has 0 fully saturated rings. The van der Waals surface area contributed by atoms with Crippen LogP contribution in [0.4, 0.5) is 0 Å². The van der Waals surface area contributed by atoms with Crippen LogP contribution in [0.1, 0.15) is 35.8 Å². The van der Waals surface area contributed by atoms with E-state index in [2.05, 4.69) is 22.4 Å². The molecule has 26 heavy (non-hydrogen) atoms. The number of benzene rings is 2. The highest BCUT2D eigenvalue weighted by Gasteiger charge is 2.08. The molecule has 1 N–H and O–H groups in total. The summed E-state index contributed by atoms with van der Waals surface area (Å²) in [6, 6.07) is 17.2. The maximum absolute atomic E-state index is 12.1. The zero-order chi connectivity index (χ0) is 18.2. The predicted octanol–water partition coefficient (Wildman–Crippen LogP) is 4.18. The molecule has 1 amide bonds. The number of aromatic nitrogens is 1. The van der Waals surface area contributed by atoms with Gasteiger partial charge in [0.1, 0.15) is 11.4 Å². The van der Waals surface area contributed by atoms with Gasteiger partial charge in [0.25, 0.3) is 5.91 Å². The zero-order valence-electron chi connectivity index (χ0n) is 14.7. The van der Waals surface area contributed by atoms with Crippen molar-refractivity contribution in [2.24, 2.45) is 5.10 Å². The maximum atomic E-state index is 12.1. The van der Waals surface area contributed by atoms with Gasteiger partial charge in [-0.1, -0.05) is 49.7 Å². The van der Waals surface area contributed by atoms with Gasteiger partial charge in [0.15, 0.2) is 0 Å². The molecule has 0 unspecified atom stereocenters. The van der Waals surface area contributed by atoms with E-state index >= 15 is 0 Å². The van der Waals surface area contributed by atoms with Crippen molar-refractivity contribution in [2.75, 3.05) is 6.61 Å². The smallest absolute Gasteiger partial charge is 0.289 e. The first kappa shape index (κ1) is 17.6. The van der Waals surface area contributed by atoms with Gasteiger partial charge in [-0.25, -0.2) is 5.43 Å². The zero-order valence-corrected chi connectivity index (χ0v) is 14.7. The number of ether oxygens (including phenoxy) is 1. The lowest BCUT2D eigenvalue weighted by molar-refractivity contribution is 0.0950. The van der Waals surface area contributed by atoms with Crippen LogP contribution in [0, 0.1) is 0 Å². The molecule has 0 spiro atoms. The third kappa shape index (κ3) is 4.25. The summed E-state index contributed by atoms with van der Waals surface area (Å²) in [7, 11) is 0. The van der Waals surface area contributed by atoms with Crippen LogP contribution in [0.2, 0.25) is 0 Å². The molecule has 1 heterocycles. The number of pyridine rings is 1. The van der Waals surface area contributed by atoms with Crippen molar-refractivity contribution in [1.82, 2.24) is 10.4 Å².